The maximum absolute atomic E-state index is 14.5. The van der Waals surface area contributed by atoms with Gasteiger partial charge >= 0.3 is 6.18 Å². The van der Waals surface area contributed by atoms with E-state index in [9.17, 15) is 13.2 Å². The third-order valence-corrected chi connectivity index (χ3v) is 5.90. The number of hydrogen-bond acceptors (Lipinski definition) is 4. The number of aryl methyl sites for hydroxylation is 2. The molecule has 0 saturated heterocycles. The average Bonchev–Trinajstić information content (AvgIpc) is 3.34. The second-order valence-corrected chi connectivity index (χ2v) is 8.11. The van der Waals surface area contributed by atoms with Crippen molar-refractivity contribution >= 4 is 22.2 Å². The summed E-state index contributed by atoms with van der Waals surface area (Å²) < 4.78 is 54.7. The summed E-state index contributed by atoms with van der Waals surface area (Å²) in [5, 5.41) is 0. The third kappa shape index (κ3) is 3.16. The molecule has 5 aromatic rings. The molecule has 0 aliphatic heterocycles. The van der Waals surface area contributed by atoms with Crippen molar-refractivity contribution < 1.29 is 22.0 Å². The van der Waals surface area contributed by atoms with Gasteiger partial charge in [0.15, 0.2) is 17.1 Å². The first-order valence-corrected chi connectivity index (χ1v) is 10.1. The summed E-state index contributed by atoms with van der Waals surface area (Å²) in [4.78, 5) is 8.65. The van der Waals surface area contributed by atoms with E-state index in [4.69, 9.17) is 8.83 Å². The van der Waals surface area contributed by atoms with Crippen molar-refractivity contribution in [2.24, 2.45) is 0 Å². The number of halogens is 3. The molecule has 5 rings (SSSR count). The van der Waals surface area contributed by atoms with Crippen molar-refractivity contribution in [3.05, 3.63) is 83.2 Å². The van der Waals surface area contributed by atoms with Gasteiger partial charge in [-0.1, -0.05) is 29.8 Å². The fourth-order valence-corrected chi connectivity index (χ4v) is 3.91. The normalized spacial score (nSPS) is 14.2. The molecule has 0 aliphatic rings. The van der Waals surface area contributed by atoms with Gasteiger partial charge in [-0.2, -0.15) is 13.2 Å². The predicted molar refractivity (Wildman–Crippen MR) is 115 cm³/mol. The smallest absolute Gasteiger partial charge is 0.402 e. The highest BCUT2D eigenvalue weighted by Gasteiger charge is 2.53. The summed E-state index contributed by atoms with van der Waals surface area (Å²) in [7, 11) is 0. The summed E-state index contributed by atoms with van der Waals surface area (Å²) in [6, 6.07) is 16.4. The van der Waals surface area contributed by atoms with E-state index in [0.29, 0.717) is 34.0 Å². The van der Waals surface area contributed by atoms with Crippen LogP contribution in [0.25, 0.3) is 33.7 Å². The molecular formula is C25H19F3N2O2. The lowest BCUT2D eigenvalue weighted by molar-refractivity contribution is -0.173. The zero-order chi connectivity index (χ0) is 22.7. The highest BCUT2D eigenvalue weighted by Crippen LogP contribution is 2.47. The third-order valence-electron chi connectivity index (χ3n) is 5.90. The van der Waals surface area contributed by atoms with Crippen molar-refractivity contribution in [3.8, 4) is 11.5 Å². The Balaban J connectivity index is 1.65. The lowest BCUT2D eigenvalue weighted by atomic mass is 9.75. The Bertz CT molecular complexity index is 1450. The molecule has 0 bridgehead atoms. The van der Waals surface area contributed by atoms with Crippen LogP contribution in [0, 0.1) is 13.8 Å². The van der Waals surface area contributed by atoms with Crippen LogP contribution in [0.2, 0.25) is 0 Å². The number of nitrogens with zero attached hydrogens (tertiary/aromatic N) is 2. The van der Waals surface area contributed by atoms with Crippen LogP contribution in [0.1, 0.15) is 29.5 Å². The number of hydrogen-bond donors (Lipinski definition) is 0. The number of aromatic nitrogens is 2. The van der Waals surface area contributed by atoms with Crippen LogP contribution in [0.15, 0.2) is 69.5 Å². The molecule has 0 radical (unpaired) electrons. The van der Waals surface area contributed by atoms with Crippen molar-refractivity contribution in [1.82, 2.24) is 9.97 Å². The van der Waals surface area contributed by atoms with E-state index in [1.54, 1.807) is 6.92 Å². The second-order valence-electron chi connectivity index (χ2n) is 8.11. The second kappa shape index (κ2) is 6.95. The minimum atomic E-state index is -4.56. The maximum Gasteiger partial charge on any atom is 0.402 e. The van der Waals surface area contributed by atoms with Crippen LogP contribution >= 0.6 is 0 Å². The molecule has 0 N–H and O–H groups in total. The Hall–Kier alpha value is -3.61. The summed E-state index contributed by atoms with van der Waals surface area (Å²) >= 11 is 0. The summed E-state index contributed by atoms with van der Waals surface area (Å²) in [6.45, 7) is 4.80. The van der Waals surface area contributed by atoms with Crippen molar-refractivity contribution in [1.29, 1.82) is 0 Å². The highest BCUT2D eigenvalue weighted by atomic mass is 19.4. The van der Waals surface area contributed by atoms with Crippen LogP contribution in [-0.4, -0.2) is 16.1 Å². The molecule has 0 amide bonds. The summed E-state index contributed by atoms with van der Waals surface area (Å²) in [5.74, 6) is 0.767. The van der Waals surface area contributed by atoms with Gasteiger partial charge in [-0.15, -0.1) is 0 Å². The van der Waals surface area contributed by atoms with Crippen LogP contribution in [0.5, 0.6) is 0 Å². The molecule has 3 aromatic carbocycles. The fraction of sp³-hybridized carbons (Fsp3) is 0.200. The van der Waals surface area contributed by atoms with Crippen LogP contribution in [0.3, 0.4) is 0 Å². The molecule has 0 fully saturated rings. The van der Waals surface area contributed by atoms with Gasteiger partial charge in [-0.3, -0.25) is 0 Å². The lowest BCUT2D eigenvalue weighted by Crippen LogP contribution is -2.40. The van der Waals surface area contributed by atoms with E-state index in [1.807, 2.05) is 31.2 Å². The molecule has 1 unspecified atom stereocenters. The Morgan fingerprint density at radius 3 is 1.88 bits per heavy atom. The zero-order valence-electron chi connectivity index (χ0n) is 17.6. The van der Waals surface area contributed by atoms with Crippen molar-refractivity contribution in [3.63, 3.8) is 0 Å². The van der Waals surface area contributed by atoms with E-state index in [2.05, 4.69) is 9.97 Å². The Kier molecular flexibility index (Phi) is 4.41. The Labute approximate surface area is 181 Å². The number of rotatable bonds is 3. The van der Waals surface area contributed by atoms with Gasteiger partial charge < -0.3 is 8.83 Å². The fourth-order valence-electron chi connectivity index (χ4n) is 3.91. The van der Waals surface area contributed by atoms with Gasteiger partial charge in [-0.05, 0) is 61.4 Å². The van der Waals surface area contributed by atoms with E-state index >= 15 is 0 Å². The van der Waals surface area contributed by atoms with Crippen LogP contribution < -0.4 is 0 Å². The first kappa shape index (κ1) is 20.3. The molecule has 7 heteroatoms. The largest absolute Gasteiger partial charge is 0.441 e. The minimum absolute atomic E-state index is 0.0702. The van der Waals surface area contributed by atoms with E-state index in [1.165, 1.54) is 43.3 Å². The van der Waals surface area contributed by atoms with Gasteiger partial charge in [0.2, 0.25) is 5.89 Å². The maximum atomic E-state index is 14.5. The molecule has 0 spiro atoms. The monoisotopic (exact) mass is 436 g/mol. The molecule has 162 valence electrons. The minimum Gasteiger partial charge on any atom is -0.441 e. The topological polar surface area (TPSA) is 52.1 Å². The molecule has 2 aromatic heterocycles. The van der Waals surface area contributed by atoms with Gasteiger partial charge in [0.25, 0.3) is 0 Å². The first-order chi connectivity index (χ1) is 15.1. The van der Waals surface area contributed by atoms with Gasteiger partial charge in [0.05, 0.1) is 0 Å². The molecule has 0 aliphatic carbocycles. The van der Waals surface area contributed by atoms with E-state index < -0.39 is 11.6 Å². The molecule has 2 heterocycles. The molecule has 1 atom stereocenters. The van der Waals surface area contributed by atoms with Crippen LogP contribution in [0.4, 0.5) is 13.2 Å². The molecule has 0 saturated carbocycles. The zero-order valence-corrected chi connectivity index (χ0v) is 17.6. The van der Waals surface area contributed by atoms with Gasteiger partial charge in [-0.25, -0.2) is 9.97 Å². The van der Waals surface area contributed by atoms with Crippen molar-refractivity contribution in [2.45, 2.75) is 32.4 Å². The standard InChI is InChI=1S/C25H19F3N2O2/c1-14-4-6-16(7-5-14)23-30-20-13-18(9-11-22(20)32-23)24(3,25(26,27)28)17-8-10-21-19(12-17)29-15(2)31-21/h4-13H,1-3H3. The first-order valence-electron chi connectivity index (χ1n) is 10.1. The summed E-state index contributed by atoms with van der Waals surface area (Å²) in [6.07, 6.45) is -4.56. The predicted octanol–water partition coefficient (Wildman–Crippen LogP) is 7.12. The Morgan fingerprint density at radius 2 is 1.28 bits per heavy atom. The van der Waals surface area contributed by atoms with Gasteiger partial charge in [0.1, 0.15) is 16.4 Å². The average molecular weight is 436 g/mol. The summed E-state index contributed by atoms with van der Waals surface area (Å²) in [5.41, 5.74) is 1.36. The Morgan fingerprint density at radius 1 is 0.719 bits per heavy atom. The number of fused-ring (bicyclic) bond motifs is 2. The molecule has 32 heavy (non-hydrogen) atoms. The molecule has 4 nitrogen and oxygen atoms in total. The SMILES string of the molecule is Cc1ccc(-c2nc3cc(C(C)(c4ccc5oc(C)nc5c4)C(F)(F)F)ccc3o2)cc1. The van der Waals surface area contributed by atoms with Crippen molar-refractivity contribution in [2.75, 3.05) is 0 Å². The van der Waals surface area contributed by atoms with E-state index in [-0.39, 0.29) is 11.1 Å². The lowest BCUT2D eigenvalue weighted by Gasteiger charge is -2.33. The number of oxazole rings is 2. The van der Waals surface area contributed by atoms with Crippen LogP contribution in [-0.2, 0) is 5.41 Å². The quantitative estimate of drug-likeness (QED) is 0.302. The number of alkyl halides is 3. The number of benzene rings is 3. The molecular weight excluding hydrogens is 417 g/mol. The van der Waals surface area contributed by atoms with E-state index in [0.717, 1.165) is 11.1 Å². The highest BCUT2D eigenvalue weighted by molar-refractivity contribution is 5.78. The van der Waals surface area contributed by atoms with Gasteiger partial charge in [0, 0.05) is 12.5 Å².